The number of hydrogen-bond acceptors (Lipinski definition) is 4. The van der Waals surface area contributed by atoms with Gasteiger partial charge in [-0.15, -0.1) is 23.5 Å². The van der Waals surface area contributed by atoms with Gasteiger partial charge in [-0.05, 0) is 0 Å². The summed E-state index contributed by atoms with van der Waals surface area (Å²) in [5.41, 5.74) is -0.498. The molecule has 1 saturated heterocycles. The average Bonchev–Trinajstić information content (AvgIpc) is 2.37. The van der Waals surface area contributed by atoms with Crippen LogP contribution in [0.15, 0.2) is 9.81 Å². The fourth-order valence-corrected chi connectivity index (χ4v) is 3.23. The first kappa shape index (κ1) is 14.0. The summed E-state index contributed by atoms with van der Waals surface area (Å²) in [6, 6.07) is 0. The first-order valence-corrected chi connectivity index (χ1v) is 5.06. The van der Waals surface area contributed by atoms with Crippen molar-refractivity contribution in [3.63, 3.8) is 0 Å². The van der Waals surface area contributed by atoms with Crippen LogP contribution in [0.25, 0.3) is 0 Å². The number of aliphatic carboxylic acids is 2. The van der Waals surface area contributed by atoms with Crippen LogP contribution in [0.5, 0.6) is 0 Å². The quantitative estimate of drug-likeness (QED) is 0.314. The van der Waals surface area contributed by atoms with E-state index in [9.17, 15) is 9.59 Å². The minimum absolute atomic E-state index is 0. The number of hydrogen-bond donors (Lipinski definition) is 2. The van der Waals surface area contributed by atoms with Crippen molar-refractivity contribution < 1.29 is 19.8 Å². The summed E-state index contributed by atoms with van der Waals surface area (Å²) in [7, 11) is 0. The van der Waals surface area contributed by atoms with E-state index in [1.54, 1.807) is 0 Å². The van der Waals surface area contributed by atoms with Gasteiger partial charge in [-0.3, -0.25) is 0 Å². The van der Waals surface area contributed by atoms with Crippen molar-refractivity contribution in [2.24, 2.45) is 0 Å². The van der Waals surface area contributed by atoms with Gasteiger partial charge in [0, 0.05) is 11.5 Å². The van der Waals surface area contributed by atoms with Gasteiger partial charge >= 0.3 is 63.3 Å². The molecule has 0 bridgehead atoms. The zero-order valence-corrected chi connectivity index (χ0v) is 7.57. The van der Waals surface area contributed by atoms with Crippen LogP contribution in [-0.2, 0) is 9.59 Å². The molecule has 0 saturated carbocycles. The topological polar surface area (TPSA) is 74.6 Å². The molecule has 0 amide bonds. The third-order valence-electron chi connectivity index (χ3n) is 1.18. The van der Waals surface area contributed by atoms with Crippen LogP contribution in [0.3, 0.4) is 0 Å². The van der Waals surface area contributed by atoms with E-state index in [0.717, 1.165) is 11.5 Å². The van der Waals surface area contributed by atoms with Gasteiger partial charge in [-0.25, -0.2) is 9.59 Å². The van der Waals surface area contributed by atoms with E-state index in [1.807, 2.05) is 0 Å². The molecular weight excluding hydrogens is 239 g/mol. The molecule has 1 aliphatic heterocycles. The van der Waals surface area contributed by atoms with Crippen LogP contribution in [0.2, 0.25) is 0 Å². The van der Waals surface area contributed by atoms with Crippen molar-refractivity contribution >= 4 is 86.8 Å². The van der Waals surface area contributed by atoms with Crippen molar-refractivity contribution in [3.8, 4) is 0 Å². The summed E-state index contributed by atoms with van der Waals surface area (Å²) in [6.45, 7) is 0. The molecule has 1 fully saturated rings. The van der Waals surface area contributed by atoms with Gasteiger partial charge in [0.15, 0.2) is 5.57 Å². The number of thioether (sulfide) groups is 2. The number of carboxylic acid groups (broad SMARTS) is 2. The van der Waals surface area contributed by atoms with Gasteiger partial charge in [-0.1, -0.05) is 0 Å². The van der Waals surface area contributed by atoms with Gasteiger partial charge in [-0.2, -0.15) is 0 Å². The molecule has 1 aliphatic rings. The number of carbonyl (C=O) groups is 2. The van der Waals surface area contributed by atoms with E-state index in [0.29, 0.717) is 4.24 Å². The first-order chi connectivity index (χ1) is 5.63. The van der Waals surface area contributed by atoms with Crippen LogP contribution in [0.1, 0.15) is 0 Å². The predicted octanol–water partition coefficient (Wildman–Crippen LogP) is 0.199. The normalized spacial score (nSPS) is 14.9. The Balaban J connectivity index is 0.00000144. The van der Waals surface area contributed by atoms with Crippen LogP contribution in [0, 0.1) is 0 Å². The van der Waals surface area contributed by atoms with Crippen molar-refractivity contribution in [2.45, 2.75) is 0 Å². The fraction of sp³-hybridized carbons (Fsp3) is 0.333. The maximum absolute atomic E-state index is 10.5. The minimum atomic E-state index is -1.36. The summed E-state index contributed by atoms with van der Waals surface area (Å²) in [5, 5.41) is 17.1. The number of carboxylic acids is 2. The Bertz CT molecular complexity index is 239. The van der Waals surface area contributed by atoms with Gasteiger partial charge < -0.3 is 10.2 Å². The Labute approximate surface area is 126 Å². The van der Waals surface area contributed by atoms with E-state index in [4.69, 9.17) is 10.2 Å². The predicted molar refractivity (Wildman–Crippen MR) is 54.4 cm³/mol. The second-order valence-electron chi connectivity index (χ2n) is 1.97. The van der Waals surface area contributed by atoms with E-state index >= 15 is 0 Å². The Morgan fingerprint density at radius 2 is 1.46 bits per heavy atom. The Morgan fingerprint density at radius 3 is 1.77 bits per heavy atom. The third-order valence-corrected chi connectivity index (χ3v) is 3.90. The maximum atomic E-state index is 10.5. The van der Waals surface area contributed by atoms with Crippen molar-refractivity contribution in [1.29, 1.82) is 0 Å². The molecule has 0 aromatic carbocycles. The summed E-state index contributed by atoms with van der Waals surface area (Å²) < 4.78 is 0.412. The van der Waals surface area contributed by atoms with E-state index in [1.165, 1.54) is 23.5 Å². The molecule has 4 nitrogen and oxygen atoms in total. The van der Waals surface area contributed by atoms with E-state index in [-0.39, 0.29) is 51.4 Å². The van der Waals surface area contributed by atoms with Gasteiger partial charge in [0.25, 0.3) is 0 Å². The Kier molecular flexibility index (Phi) is 7.00. The molecular formula is C6H7KO4S2. The summed E-state index contributed by atoms with van der Waals surface area (Å²) in [5.74, 6) is -1.16. The molecule has 0 radical (unpaired) electrons. The monoisotopic (exact) mass is 246 g/mol. The fourth-order valence-electron chi connectivity index (χ4n) is 0.721. The third kappa shape index (κ3) is 3.94. The second-order valence-corrected chi connectivity index (χ2v) is 4.44. The van der Waals surface area contributed by atoms with Crippen LogP contribution >= 0.6 is 23.5 Å². The van der Waals surface area contributed by atoms with Crippen LogP contribution < -0.4 is 0 Å². The molecule has 0 atom stereocenters. The SMILES string of the molecule is O=C(O)C(C(=O)O)=C1SCCS1.[KH]. The van der Waals surface area contributed by atoms with Gasteiger partial charge in [0.05, 0.1) is 4.24 Å². The van der Waals surface area contributed by atoms with Crippen molar-refractivity contribution in [2.75, 3.05) is 11.5 Å². The van der Waals surface area contributed by atoms with E-state index < -0.39 is 17.5 Å². The van der Waals surface area contributed by atoms with Crippen LogP contribution in [0.4, 0.5) is 0 Å². The molecule has 0 spiro atoms. The zero-order valence-electron chi connectivity index (χ0n) is 5.94. The van der Waals surface area contributed by atoms with Crippen LogP contribution in [-0.4, -0.2) is 85.0 Å². The molecule has 1 heterocycles. The summed E-state index contributed by atoms with van der Waals surface area (Å²) in [6.07, 6.45) is 0. The average molecular weight is 246 g/mol. The molecule has 0 unspecified atom stereocenters. The standard InChI is InChI=1S/C6H6O4S2.K.H/c7-4(8)3(5(9)10)6-11-1-2-12-6;;/h1-2H2,(H,7,8)(H,9,10);;. The second kappa shape index (κ2) is 6.49. The van der Waals surface area contributed by atoms with Gasteiger partial charge in [0.2, 0.25) is 0 Å². The summed E-state index contributed by atoms with van der Waals surface area (Å²) >= 11 is 2.58. The number of rotatable bonds is 2. The Hall–Kier alpha value is 1.02. The first-order valence-electron chi connectivity index (χ1n) is 3.09. The zero-order chi connectivity index (χ0) is 9.14. The molecule has 1 rings (SSSR count). The molecule has 0 aliphatic carbocycles. The molecule has 68 valence electrons. The molecule has 2 N–H and O–H groups in total. The molecule has 0 aromatic heterocycles. The van der Waals surface area contributed by atoms with E-state index in [2.05, 4.69) is 0 Å². The molecule has 7 heteroatoms. The van der Waals surface area contributed by atoms with Crippen molar-refractivity contribution in [3.05, 3.63) is 9.81 Å². The molecule has 13 heavy (non-hydrogen) atoms. The van der Waals surface area contributed by atoms with Gasteiger partial charge in [0.1, 0.15) is 0 Å². The Morgan fingerprint density at radius 1 is 1.08 bits per heavy atom. The summed E-state index contributed by atoms with van der Waals surface area (Å²) in [4.78, 5) is 20.9. The van der Waals surface area contributed by atoms with Crippen molar-refractivity contribution in [1.82, 2.24) is 0 Å². The molecule has 0 aromatic rings.